The van der Waals surface area contributed by atoms with Crippen LogP contribution in [0.3, 0.4) is 0 Å². The minimum atomic E-state index is -0.555. The van der Waals surface area contributed by atoms with Gasteiger partial charge in [0.2, 0.25) is 5.91 Å². The van der Waals surface area contributed by atoms with E-state index in [1.54, 1.807) is 6.07 Å². The Balaban J connectivity index is 2.47. The zero-order chi connectivity index (χ0) is 15.9. The number of ether oxygens (including phenoxy) is 1. The third-order valence-corrected chi connectivity index (χ3v) is 3.60. The molecule has 1 amide bonds. The van der Waals surface area contributed by atoms with Gasteiger partial charge in [-0.15, -0.1) is 0 Å². The molecule has 22 heavy (non-hydrogen) atoms. The number of halogens is 1. The molecule has 0 radical (unpaired) electrons. The summed E-state index contributed by atoms with van der Waals surface area (Å²) in [5.74, 6) is -0.820. The maximum absolute atomic E-state index is 12.0. The Morgan fingerprint density at radius 2 is 2.00 bits per heavy atom. The number of rotatable bonds is 2. The number of hydrogen-bond donors (Lipinski definition) is 1. The predicted molar refractivity (Wildman–Crippen MR) is 84.4 cm³/mol. The van der Waals surface area contributed by atoms with Gasteiger partial charge in [0.15, 0.2) is 5.58 Å². The van der Waals surface area contributed by atoms with Crippen molar-refractivity contribution in [3.05, 3.63) is 40.9 Å². The second-order valence-corrected chi connectivity index (χ2v) is 5.16. The number of hydrogen-bond acceptors (Lipinski definition) is 4. The first-order chi connectivity index (χ1) is 10.5. The fourth-order valence-corrected chi connectivity index (χ4v) is 2.68. The Morgan fingerprint density at radius 3 is 2.68 bits per heavy atom. The fourth-order valence-electron chi connectivity index (χ4n) is 2.43. The number of fused-ring (bicyclic) bond motifs is 3. The van der Waals surface area contributed by atoms with Crippen LogP contribution in [0.15, 0.2) is 34.7 Å². The SMILES string of the molecule is COC(=O)c1cc(Cl)c(NC(C)=O)c2c1oc1ccccc12. The monoisotopic (exact) mass is 317 g/mol. The molecular formula is C16H12ClNO4. The zero-order valence-corrected chi connectivity index (χ0v) is 12.7. The van der Waals surface area contributed by atoms with Gasteiger partial charge in [-0.25, -0.2) is 4.79 Å². The lowest BCUT2D eigenvalue weighted by atomic mass is 10.1. The molecule has 6 heteroatoms. The maximum Gasteiger partial charge on any atom is 0.341 e. The Labute approximate surface area is 130 Å². The van der Waals surface area contributed by atoms with Crippen LogP contribution in [0.25, 0.3) is 21.9 Å². The van der Waals surface area contributed by atoms with Crippen LogP contribution in [-0.4, -0.2) is 19.0 Å². The highest BCUT2D eigenvalue weighted by Crippen LogP contribution is 2.40. The molecule has 5 nitrogen and oxygen atoms in total. The van der Waals surface area contributed by atoms with Crippen LogP contribution in [0.4, 0.5) is 5.69 Å². The van der Waals surface area contributed by atoms with Crippen molar-refractivity contribution in [2.24, 2.45) is 0 Å². The van der Waals surface area contributed by atoms with Gasteiger partial charge in [0.05, 0.1) is 23.2 Å². The van der Waals surface area contributed by atoms with Crippen LogP contribution in [0.1, 0.15) is 17.3 Å². The fraction of sp³-hybridized carbons (Fsp3) is 0.125. The third-order valence-electron chi connectivity index (χ3n) is 3.31. The summed E-state index contributed by atoms with van der Waals surface area (Å²) in [6.45, 7) is 1.39. The van der Waals surface area contributed by atoms with E-state index < -0.39 is 5.97 Å². The predicted octanol–water partition coefficient (Wildman–Crippen LogP) is 3.98. The highest BCUT2D eigenvalue weighted by molar-refractivity contribution is 6.37. The molecule has 0 aliphatic carbocycles. The molecule has 0 aliphatic heterocycles. The molecule has 0 aliphatic rings. The number of para-hydroxylation sites is 1. The van der Waals surface area contributed by atoms with Gasteiger partial charge >= 0.3 is 5.97 Å². The smallest absolute Gasteiger partial charge is 0.341 e. The van der Waals surface area contributed by atoms with E-state index in [9.17, 15) is 9.59 Å². The Bertz CT molecular complexity index is 913. The average molecular weight is 318 g/mol. The number of anilines is 1. The summed E-state index contributed by atoms with van der Waals surface area (Å²) in [5, 5.41) is 4.28. The Kier molecular flexibility index (Phi) is 3.50. The number of furan rings is 1. The lowest BCUT2D eigenvalue weighted by Crippen LogP contribution is -2.08. The quantitative estimate of drug-likeness (QED) is 0.726. The van der Waals surface area contributed by atoms with E-state index in [-0.39, 0.29) is 16.5 Å². The molecule has 0 saturated heterocycles. The highest BCUT2D eigenvalue weighted by atomic mass is 35.5. The third kappa shape index (κ3) is 2.19. The van der Waals surface area contributed by atoms with Crippen LogP contribution in [-0.2, 0) is 9.53 Å². The van der Waals surface area contributed by atoms with E-state index in [0.717, 1.165) is 5.39 Å². The summed E-state index contributed by atoms with van der Waals surface area (Å²) in [4.78, 5) is 23.4. The number of nitrogens with one attached hydrogen (secondary N) is 1. The van der Waals surface area contributed by atoms with E-state index in [4.69, 9.17) is 20.8 Å². The second kappa shape index (κ2) is 5.35. The summed E-state index contributed by atoms with van der Waals surface area (Å²) in [6.07, 6.45) is 0. The van der Waals surface area contributed by atoms with Gasteiger partial charge in [0.1, 0.15) is 11.1 Å². The van der Waals surface area contributed by atoms with Gasteiger partial charge in [0.25, 0.3) is 0 Å². The van der Waals surface area contributed by atoms with Crippen molar-refractivity contribution >= 4 is 51.1 Å². The van der Waals surface area contributed by atoms with E-state index in [0.29, 0.717) is 22.2 Å². The number of esters is 1. The Morgan fingerprint density at radius 1 is 1.27 bits per heavy atom. The molecule has 0 saturated carbocycles. The largest absolute Gasteiger partial charge is 0.465 e. The van der Waals surface area contributed by atoms with Crippen LogP contribution < -0.4 is 5.32 Å². The zero-order valence-electron chi connectivity index (χ0n) is 11.9. The second-order valence-electron chi connectivity index (χ2n) is 4.76. The van der Waals surface area contributed by atoms with E-state index in [1.807, 2.05) is 18.2 Å². The number of benzene rings is 2. The number of carbonyl (C=O) groups excluding carboxylic acids is 2. The molecule has 2 aromatic carbocycles. The summed E-state index contributed by atoms with van der Waals surface area (Å²) < 4.78 is 10.5. The minimum absolute atomic E-state index is 0.216. The van der Waals surface area contributed by atoms with Gasteiger partial charge < -0.3 is 14.5 Å². The van der Waals surface area contributed by atoms with Crippen LogP contribution in [0.5, 0.6) is 0 Å². The summed E-state index contributed by atoms with van der Waals surface area (Å²) in [6, 6.07) is 8.71. The first-order valence-corrected chi connectivity index (χ1v) is 6.90. The lowest BCUT2D eigenvalue weighted by Gasteiger charge is -2.09. The van der Waals surface area contributed by atoms with Gasteiger partial charge in [-0.2, -0.15) is 0 Å². The molecule has 0 unspecified atom stereocenters. The molecule has 0 fully saturated rings. The van der Waals surface area contributed by atoms with Crippen molar-refractivity contribution < 1.29 is 18.7 Å². The first-order valence-electron chi connectivity index (χ1n) is 6.52. The summed E-state index contributed by atoms with van der Waals surface area (Å²) in [7, 11) is 1.28. The standard InChI is InChI=1S/C16H12ClNO4/c1-8(19)18-14-11(17)7-10(16(20)21-2)15-13(14)9-5-3-4-6-12(9)22-15/h3-7H,1-2H3,(H,18,19). The molecule has 0 bridgehead atoms. The van der Waals surface area contributed by atoms with Crippen molar-refractivity contribution in [3.63, 3.8) is 0 Å². The number of carbonyl (C=O) groups is 2. The first kappa shape index (κ1) is 14.4. The highest BCUT2D eigenvalue weighted by Gasteiger charge is 2.22. The van der Waals surface area contributed by atoms with Gasteiger partial charge in [-0.1, -0.05) is 29.8 Å². The number of amides is 1. The molecule has 3 rings (SSSR count). The van der Waals surface area contributed by atoms with Crippen LogP contribution in [0.2, 0.25) is 5.02 Å². The molecule has 0 atom stereocenters. The van der Waals surface area contributed by atoms with Gasteiger partial charge in [-0.3, -0.25) is 4.79 Å². The van der Waals surface area contributed by atoms with E-state index >= 15 is 0 Å². The van der Waals surface area contributed by atoms with E-state index in [2.05, 4.69) is 5.32 Å². The lowest BCUT2D eigenvalue weighted by molar-refractivity contribution is -0.114. The molecule has 0 spiro atoms. The Hall–Kier alpha value is -2.53. The van der Waals surface area contributed by atoms with Crippen molar-refractivity contribution in [1.82, 2.24) is 0 Å². The molecule has 3 aromatic rings. The van der Waals surface area contributed by atoms with Crippen LogP contribution in [0, 0.1) is 0 Å². The van der Waals surface area contributed by atoms with Crippen molar-refractivity contribution in [2.45, 2.75) is 6.92 Å². The number of methoxy groups -OCH3 is 1. The normalized spacial score (nSPS) is 10.9. The average Bonchev–Trinajstić information content (AvgIpc) is 2.88. The van der Waals surface area contributed by atoms with Gasteiger partial charge in [0, 0.05) is 12.3 Å². The van der Waals surface area contributed by atoms with Crippen molar-refractivity contribution in [3.8, 4) is 0 Å². The van der Waals surface area contributed by atoms with Crippen molar-refractivity contribution in [1.29, 1.82) is 0 Å². The van der Waals surface area contributed by atoms with E-state index in [1.165, 1.54) is 20.1 Å². The summed E-state index contributed by atoms with van der Waals surface area (Å²) in [5.41, 5.74) is 1.56. The minimum Gasteiger partial charge on any atom is -0.465 e. The maximum atomic E-state index is 12.0. The molecule has 1 N–H and O–H groups in total. The topological polar surface area (TPSA) is 68.5 Å². The van der Waals surface area contributed by atoms with Gasteiger partial charge in [-0.05, 0) is 12.1 Å². The molecule has 1 heterocycles. The molecule has 1 aromatic heterocycles. The summed E-state index contributed by atoms with van der Waals surface area (Å²) >= 11 is 6.25. The molecule has 112 valence electrons. The van der Waals surface area contributed by atoms with Crippen LogP contribution >= 0.6 is 11.6 Å². The van der Waals surface area contributed by atoms with Crippen molar-refractivity contribution in [2.75, 3.05) is 12.4 Å². The molecular weight excluding hydrogens is 306 g/mol.